The molecule has 2 N–H and O–H groups in total. The molecule has 0 aliphatic heterocycles. The Morgan fingerprint density at radius 2 is 2.00 bits per heavy atom. The zero-order chi connectivity index (χ0) is 14.0. The van der Waals surface area contributed by atoms with Gasteiger partial charge in [-0.3, -0.25) is 0 Å². The summed E-state index contributed by atoms with van der Waals surface area (Å²) in [5.74, 6) is 0.478. The van der Waals surface area contributed by atoms with Gasteiger partial charge in [0.05, 0.1) is 0 Å². The first-order chi connectivity index (χ1) is 9.00. The van der Waals surface area contributed by atoms with Crippen LogP contribution < -0.4 is 10.6 Å². The van der Waals surface area contributed by atoms with Gasteiger partial charge in [0.25, 0.3) is 0 Å². The summed E-state index contributed by atoms with van der Waals surface area (Å²) >= 11 is 0. The Hall–Kier alpha value is -1.09. The molecule has 0 radical (unpaired) electrons. The summed E-state index contributed by atoms with van der Waals surface area (Å²) in [7, 11) is 2.12. The summed E-state index contributed by atoms with van der Waals surface area (Å²) in [6.45, 7) is 4.23. The van der Waals surface area contributed by atoms with Crippen molar-refractivity contribution in [2.75, 3.05) is 11.9 Å². The lowest BCUT2D eigenvalue weighted by atomic mass is 9.84. The molecule has 2 rings (SSSR count). The molecule has 106 valence electrons. The number of hydrogen-bond donors (Lipinski definition) is 1. The molecule has 0 heterocycles. The molecule has 2 nitrogen and oxygen atoms in total. The number of benzene rings is 1. The first kappa shape index (κ1) is 14.3. The number of nitrogens with two attached hydrogens (primary N) is 1. The van der Waals surface area contributed by atoms with Crippen molar-refractivity contribution in [1.82, 2.24) is 0 Å². The predicted octanol–water partition coefficient (Wildman–Crippen LogP) is 3.86. The molecule has 3 atom stereocenters. The molecule has 2 unspecified atom stereocenters. The van der Waals surface area contributed by atoms with Gasteiger partial charge in [0.2, 0.25) is 0 Å². The van der Waals surface area contributed by atoms with Crippen LogP contribution in [0.15, 0.2) is 18.2 Å². The van der Waals surface area contributed by atoms with Gasteiger partial charge in [0.1, 0.15) is 5.82 Å². The molecule has 1 aromatic rings. The van der Waals surface area contributed by atoms with Crippen LogP contribution in [-0.4, -0.2) is 13.1 Å². The molecule has 0 spiro atoms. The Kier molecular flexibility index (Phi) is 4.46. The Morgan fingerprint density at radius 1 is 1.32 bits per heavy atom. The lowest BCUT2D eigenvalue weighted by Crippen LogP contribution is -2.39. The molecular formula is C16H25FN2. The predicted molar refractivity (Wildman–Crippen MR) is 78.8 cm³/mol. The Morgan fingerprint density at radius 3 is 2.63 bits per heavy atom. The summed E-state index contributed by atoms with van der Waals surface area (Å²) < 4.78 is 13.4. The van der Waals surface area contributed by atoms with Crippen molar-refractivity contribution in [3.05, 3.63) is 29.6 Å². The maximum Gasteiger partial charge on any atom is 0.123 e. The zero-order valence-electron chi connectivity index (χ0n) is 12.2. The van der Waals surface area contributed by atoms with Gasteiger partial charge >= 0.3 is 0 Å². The molecule has 1 aliphatic rings. The second-order valence-electron chi connectivity index (χ2n) is 5.93. The van der Waals surface area contributed by atoms with E-state index in [1.807, 2.05) is 13.0 Å². The van der Waals surface area contributed by atoms with E-state index in [1.54, 1.807) is 6.07 Å². The number of halogens is 1. The van der Waals surface area contributed by atoms with Gasteiger partial charge in [0.15, 0.2) is 0 Å². The number of rotatable bonds is 3. The first-order valence-corrected chi connectivity index (χ1v) is 7.28. The Labute approximate surface area is 115 Å². The highest BCUT2D eigenvalue weighted by Gasteiger charge is 2.26. The summed E-state index contributed by atoms with van der Waals surface area (Å²) in [6, 6.07) is 5.37. The number of anilines is 1. The lowest BCUT2D eigenvalue weighted by molar-refractivity contribution is 0.321. The molecule has 1 saturated carbocycles. The van der Waals surface area contributed by atoms with Gasteiger partial charge in [-0.15, -0.1) is 0 Å². The summed E-state index contributed by atoms with van der Waals surface area (Å²) in [5, 5.41) is 0. The van der Waals surface area contributed by atoms with Crippen LogP contribution in [0.2, 0.25) is 0 Å². The topological polar surface area (TPSA) is 29.3 Å². The first-order valence-electron chi connectivity index (χ1n) is 7.28. The molecule has 3 heteroatoms. The fourth-order valence-corrected chi connectivity index (χ4v) is 3.26. The maximum atomic E-state index is 13.4. The average molecular weight is 264 g/mol. The fourth-order valence-electron chi connectivity index (χ4n) is 3.26. The minimum atomic E-state index is -0.207. The lowest BCUT2D eigenvalue weighted by Gasteiger charge is -2.39. The maximum absolute atomic E-state index is 13.4. The van der Waals surface area contributed by atoms with E-state index in [4.69, 9.17) is 5.73 Å². The average Bonchev–Trinajstić information content (AvgIpc) is 2.38. The van der Waals surface area contributed by atoms with Crippen LogP contribution in [0.5, 0.6) is 0 Å². The zero-order valence-corrected chi connectivity index (χ0v) is 12.2. The largest absolute Gasteiger partial charge is 0.371 e. The van der Waals surface area contributed by atoms with Gasteiger partial charge in [0, 0.05) is 24.8 Å². The van der Waals surface area contributed by atoms with E-state index < -0.39 is 0 Å². The van der Waals surface area contributed by atoms with Crippen molar-refractivity contribution in [2.45, 2.75) is 51.6 Å². The molecule has 0 amide bonds. The van der Waals surface area contributed by atoms with Crippen molar-refractivity contribution in [1.29, 1.82) is 0 Å². The summed E-state index contributed by atoms with van der Waals surface area (Å²) in [6.07, 6.45) is 5.11. The van der Waals surface area contributed by atoms with E-state index in [0.29, 0.717) is 12.0 Å². The standard InChI is InChI=1S/C16H25FN2/c1-11-6-4-5-7-15(11)19(3)16-9-8-13(17)10-14(16)12(2)18/h8-12,15H,4-7,18H2,1-3H3/t11?,12-,15?/m1/s1. The van der Waals surface area contributed by atoms with Gasteiger partial charge in [-0.2, -0.15) is 0 Å². The molecule has 1 fully saturated rings. The van der Waals surface area contributed by atoms with Crippen molar-refractivity contribution < 1.29 is 4.39 Å². The molecule has 0 saturated heterocycles. The van der Waals surface area contributed by atoms with E-state index >= 15 is 0 Å². The van der Waals surface area contributed by atoms with Crippen LogP contribution in [0.25, 0.3) is 0 Å². The van der Waals surface area contributed by atoms with E-state index in [0.717, 1.165) is 11.3 Å². The van der Waals surface area contributed by atoms with E-state index in [9.17, 15) is 4.39 Å². The molecular weight excluding hydrogens is 239 g/mol. The summed E-state index contributed by atoms with van der Waals surface area (Å²) in [4.78, 5) is 2.31. The third-order valence-corrected chi connectivity index (χ3v) is 4.42. The highest BCUT2D eigenvalue weighted by atomic mass is 19.1. The van der Waals surface area contributed by atoms with Crippen molar-refractivity contribution >= 4 is 5.69 Å². The van der Waals surface area contributed by atoms with E-state index in [2.05, 4.69) is 18.9 Å². The second-order valence-corrected chi connectivity index (χ2v) is 5.93. The molecule has 1 aromatic carbocycles. The van der Waals surface area contributed by atoms with Crippen LogP contribution in [-0.2, 0) is 0 Å². The van der Waals surface area contributed by atoms with E-state index in [-0.39, 0.29) is 11.9 Å². The highest BCUT2D eigenvalue weighted by molar-refractivity contribution is 5.55. The smallest absolute Gasteiger partial charge is 0.123 e. The molecule has 0 bridgehead atoms. The minimum absolute atomic E-state index is 0.146. The van der Waals surface area contributed by atoms with Gasteiger partial charge < -0.3 is 10.6 Å². The van der Waals surface area contributed by atoms with E-state index in [1.165, 1.54) is 31.7 Å². The fraction of sp³-hybridized carbons (Fsp3) is 0.625. The quantitative estimate of drug-likeness (QED) is 0.898. The second kappa shape index (κ2) is 5.91. The monoisotopic (exact) mass is 264 g/mol. The van der Waals surface area contributed by atoms with Crippen LogP contribution in [0.3, 0.4) is 0 Å². The van der Waals surface area contributed by atoms with Gasteiger partial charge in [-0.25, -0.2) is 4.39 Å². The number of hydrogen-bond acceptors (Lipinski definition) is 2. The molecule has 19 heavy (non-hydrogen) atoms. The molecule has 0 aromatic heterocycles. The van der Waals surface area contributed by atoms with Gasteiger partial charge in [-0.05, 0) is 49.4 Å². The van der Waals surface area contributed by atoms with Crippen molar-refractivity contribution in [3.8, 4) is 0 Å². The van der Waals surface area contributed by atoms with Gasteiger partial charge in [-0.1, -0.05) is 19.8 Å². The normalized spacial score (nSPS) is 25.1. The number of nitrogens with zero attached hydrogens (tertiary/aromatic N) is 1. The SMILES string of the molecule is CC1CCCCC1N(C)c1ccc(F)cc1[C@@H](C)N. The Balaban J connectivity index is 2.29. The third kappa shape index (κ3) is 3.08. The van der Waals surface area contributed by atoms with Crippen molar-refractivity contribution in [2.24, 2.45) is 11.7 Å². The van der Waals surface area contributed by atoms with Crippen LogP contribution in [0.4, 0.5) is 10.1 Å². The van der Waals surface area contributed by atoms with Crippen LogP contribution in [0, 0.1) is 11.7 Å². The van der Waals surface area contributed by atoms with Crippen molar-refractivity contribution in [3.63, 3.8) is 0 Å². The highest BCUT2D eigenvalue weighted by Crippen LogP contribution is 2.33. The van der Waals surface area contributed by atoms with Crippen LogP contribution >= 0.6 is 0 Å². The minimum Gasteiger partial charge on any atom is -0.371 e. The summed E-state index contributed by atoms with van der Waals surface area (Å²) in [5.41, 5.74) is 7.97. The van der Waals surface area contributed by atoms with Crippen LogP contribution in [0.1, 0.15) is 51.1 Å². The molecule has 1 aliphatic carbocycles. The Bertz CT molecular complexity index is 431. The third-order valence-electron chi connectivity index (χ3n) is 4.42.